The smallest absolute Gasteiger partial charge is 0.278 e. The Bertz CT molecular complexity index is 1060. The van der Waals surface area contributed by atoms with Gasteiger partial charge in [0.05, 0.1) is 5.39 Å². The van der Waals surface area contributed by atoms with E-state index in [4.69, 9.17) is 0 Å². The molecule has 0 aliphatic carbocycles. The molecule has 0 aliphatic heterocycles. The highest BCUT2D eigenvalue weighted by Crippen LogP contribution is 2.18. The van der Waals surface area contributed by atoms with Gasteiger partial charge < -0.3 is 5.32 Å². The molecule has 1 aromatic heterocycles. The maximum absolute atomic E-state index is 12.5. The summed E-state index contributed by atoms with van der Waals surface area (Å²) in [5, 5.41) is 11.0. The number of carbonyl (C=O) groups excluding carboxylic acids is 2. The summed E-state index contributed by atoms with van der Waals surface area (Å²) in [7, 11) is 0. The first kappa shape index (κ1) is 18.4. The number of nitrogens with one attached hydrogen (secondary N) is 1. The number of fused-ring (bicyclic) bond motifs is 1. The fraction of sp³-hybridized carbons (Fsp3) is 0.250. The van der Waals surface area contributed by atoms with Crippen LogP contribution in [0.3, 0.4) is 0 Å². The molecule has 0 bridgehead atoms. The van der Waals surface area contributed by atoms with Crippen LogP contribution in [0, 0.1) is 5.41 Å². The minimum Gasteiger partial charge on any atom is -0.326 e. The van der Waals surface area contributed by atoms with Gasteiger partial charge in [-0.15, -0.1) is 5.10 Å². The molecule has 1 N–H and O–H groups in total. The molecule has 0 saturated heterocycles. The molecule has 2 aromatic carbocycles. The Balaban J connectivity index is 1.76. The highest BCUT2D eigenvalue weighted by molar-refractivity contribution is 5.98. The zero-order valence-corrected chi connectivity index (χ0v) is 15.4. The third-order valence-corrected chi connectivity index (χ3v) is 4.07. The molecule has 0 radical (unpaired) electrons. The van der Waals surface area contributed by atoms with Crippen LogP contribution in [0.1, 0.15) is 31.1 Å². The summed E-state index contributed by atoms with van der Waals surface area (Å²) in [5.74, 6) is -0.380. The lowest BCUT2D eigenvalue weighted by molar-refractivity contribution is -0.123. The van der Waals surface area contributed by atoms with Gasteiger partial charge in [-0.1, -0.05) is 38.1 Å². The summed E-state index contributed by atoms with van der Waals surface area (Å²) >= 11 is 0. The molecule has 0 spiro atoms. The second-order valence-electron chi connectivity index (χ2n) is 7.27. The van der Waals surface area contributed by atoms with Gasteiger partial charge in [0.25, 0.3) is 5.56 Å². The summed E-state index contributed by atoms with van der Waals surface area (Å²) in [6.45, 7) is 5.26. The van der Waals surface area contributed by atoms with Gasteiger partial charge in [-0.05, 0) is 36.4 Å². The van der Waals surface area contributed by atoms with Crippen molar-refractivity contribution in [2.75, 3.05) is 5.32 Å². The number of carbonyl (C=O) groups is 2. The Morgan fingerprint density at radius 1 is 1.04 bits per heavy atom. The summed E-state index contributed by atoms with van der Waals surface area (Å²) in [4.78, 5) is 36.9. The van der Waals surface area contributed by atoms with Gasteiger partial charge in [0, 0.05) is 16.7 Å². The second kappa shape index (κ2) is 7.11. The molecule has 0 fully saturated rings. The van der Waals surface area contributed by atoms with Crippen molar-refractivity contribution >= 4 is 28.3 Å². The van der Waals surface area contributed by atoms with Gasteiger partial charge >= 0.3 is 0 Å². The molecule has 0 unspecified atom stereocenters. The van der Waals surface area contributed by atoms with Gasteiger partial charge in [-0.2, -0.15) is 0 Å². The van der Waals surface area contributed by atoms with Gasteiger partial charge in [0.2, 0.25) is 5.91 Å². The first-order chi connectivity index (χ1) is 12.8. The van der Waals surface area contributed by atoms with E-state index in [0.29, 0.717) is 22.2 Å². The lowest BCUT2D eigenvalue weighted by Crippen LogP contribution is -2.28. The van der Waals surface area contributed by atoms with E-state index in [1.807, 2.05) is 20.8 Å². The van der Waals surface area contributed by atoms with Gasteiger partial charge in [-0.3, -0.25) is 14.4 Å². The van der Waals surface area contributed by atoms with Crippen LogP contribution in [0.5, 0.6) is 0 Å². The van der Waals surface area contributed by atoms with Crippen molar-refractivity contribution in [2.45, 2.75) is 27.3 Å². The predicted molar refractivity (Wildman–Crippen MR) is 103 cm³/mol. The summed E-state index contributed by atoms with van der Waals surface area (Å²) in [6.07, 6.45) is 0. The van der Waals surface area contributed by atoms with Crippen molar-refractivity contribution in [1.82, 2.24) is 15.0 Å². The van der Waals surface area contributed by atoms with Crippen molar-refractivity contribution in [3.05, 3.63) is 64.4 Å². The van der Waals surface area contributed by atoms with E-state index in [1.54, 1.807) is 48.5 Å². The quantitative estimate of drug-likeness (QED) is 0.718. The number of ketones is 1. The number of hydrogen-bond acceptors (Lipinski definition) is 5. The number of rotatable bonds is 4. The van der Waals surface area contributed by atoms with Crippen molar-refractivity contribution < 1.29 is 9.59 Å². The predicted octanol–water partition coefficient (Wildman–Crippen LogP) is 2.66. The molecule has 3 rings (SSSR count). The third-order valence-electron chi connectivity index (χ3n) is 4.07. The minimum atomic E-state index is -0.510. The topological polar surface area (TPSA) is 93.9 Å². The zero-order valence-electron chi connectivity index (χ0n) is 15.4. The number of aromatic nitrogens is 3. The van der Waals surface area contributed by atoms with Crippen molar-refractivity contribution in [1.29, 1.82) is 0 Å². The lowest BCUT2D eigenvalue weighted by atomic mass is 9.95. The average molecular weight is 364 g/mol. The van der Waals surface area contributed by atoms with Crippen molar-refractivity contribution in [3.8, 4) is 0 Å². The Labute approximate surface area is 156 Å². The lowest BCUT2D eigenvalue weighted by Gasteiger charge is -2.17. The number of Topliss-reactive ketones (excluding diaryl/α,β-unsaturated/α-hetero) is 1. The van der Waals surface area contributed by atoms with Crippen LogP contribution in [-0.2, 0) is 11.3 Å². The average Bonchev–Trinajstić information content (AvgIpc) is 2.64. The van der Waals surface area contributed by atoms with Crippen molar-refractivity contribution in [2.24, 2.45) is 5.41 Å². The summed E-state index contributed by atoms with van der Waals surface area (Å²) < 4.78 is 1.06. The number of hydrogen-bond donors (Lipinski definition) is 1. The maximum Gasteiger partial charge on any atom is 0.278 e. The molecular weight excluding hydrogens is 344 g/mol. The van der Waals surface area contributed by atoms with Crippen LogP contribution in [0.4, 0.5) is 5.69 Å². The van der Waals surface area contributed by atoms with E-state index < -0.39 is 5.41 Å². The largest absolute Gasteiger partial charge is 0.326 e. The van der Waals surface area contributed by atoms with E-state index >= 15 is 0 Å². The Kier molecular flexibility index (Phi) is 4.85. The monoisotopic (exact) mass is 364 g/mol. The molecule has 3 aromatic rings. The number of anilines is 1. The Hall–Kier alpha value is -3.35. The minimum absolute atomic E-state index is 0.112. The highest BCUT2D eigenvalue weighted by Gasteiger charge is 2.21. The number of nitrogens with zero attached hydrogens (tertiary/aromatic N) is 3. The fourth-order valence-electron chi connectivity index (χ4n) is 2.41. The molecule has 27 heavy (non-hydrogen) atoms. The Morgan fingerprint density at radius 3 is 2.37 bits per heavy atom. The SMILES string of the molecule is CC(C)(C)C(=O)Nc1ccc(C(=O)Cn2nnc3ccccc3c2=O)cc1. The van der Waals surface area contributed by atoms with Gasteiger partial charge in [0.15, 0.2) is 5.78 Å². The molecule has 7 nitrogen and oxygen atoms in total. The summed E-state index contributed by atoms with van der Waals surface area (Å²) in [5.41, 5.74) is 0.651. The fourth-order valence-corrected chi connectivity index (χ4v) is 2.41. The molecular formula is C20H20N4O3. The molecule has 7 heteroatoms. The number of amides is 1. The Morgan fingerprint density at radius 2 is 1.70 bits per heavy atom. The molecule has 1 heterocycles. The van der Waals surface area contributed by atoms with Gasteiger partial charge in [0.1, 0.15) is 12.1 Å². The van der Waals surface area contributed by atoms with Crippen molar-refractivity contribution in [3.63, 3.8) is 0 Å². The first-order valence-electron chi connectivity index (χ1n) is 8.53. The van der Waals surface area contributed by atoms with E-state index in [9.17, 15) is 14.4 Å². The third kappa shape index (κ3) is 4.08. The van der Waals surface area contributed by atoms with Crippen LogP contribution in [0.25, 0.3) is 10.9 Å². The van der Waals surface area contributed by atoms with Crippen LogP contribution in [0.15, 0.2) is 53.3 Å². The molecule has 1 amide bonds. The van der Waals surface area contributed by atoms with Gasteiger partial charge in [-0.25, -0.2) is 4.68 Å². The normalized spacial score (nSPS) is 11.4. The molecule has 138 valence electrons. The van der Waals surface area contributed by atoms with Crippen LogP contribution >= 0.6 is 0 Å². The standard InChI is InChI=1S/C20H20N4O3/c1-20(2,3)19(27)21-14-10-8-13(9-11-14)17(25)12-24-18(26)15-6-4-5-7-16(15)22-23-24/h4-11H,12H2,1-3H3,(H,21,27). The van der Waals surface area contributed by atoms with E-state index in [-0.39, 0.29) is 23.8 Å². The zero-order chi connectivity index (χ0) is 19.6. The van der Waals surface area contributed by atoms with E-state index in [2.05, 4.69) is 15.6 Å². The first-order valence-corrected chi connectivity index (χ1v) is 8.53. The van der Waals surface area contributed by atoms with E-state index in [0.717, 1.165) is 4.68 Å². The van der Waals surface area contributed by atoms with E-state index in [1.165, 1.54) is 0 Å². The van der Waals surface area contributed by atoms with Crippen LogP contribution in [0.2, 0.25) is 0 Å². The van der Waals surface area contributed by atoms with Crippen LogP contribution < -0.4 is 10.9 Å². The maximum atomic E-state index is 12.5. The highest BCUT2D eigenvalue weighted by atomic mass is 16.2. The molecule has 0 aliphatic rings. The molecule has 0 saturated carbocycles. The van der Waals surface area contributed by atoms with Crippen LogP contribution in [-0.4, -0.2) is 26.7 Å². The molecule has 0 atom stereocenters. The summed E-state index contributed by atoms with van der Waals surface area (Å²) in [6, 6.07) is 13.4. The second-order valence-corrected chi connectivity index (χ2v) is 7.27. The number of benzene rings is 2.